The molecule has 3 aromatic rings. The van der Waals surface area contributed by atoms with Gasteiger partial charge in [-0.2, -0.15) is 5.26 Å². The monoisotopic (exact) mass is 491 g/mol. The zero-order valence-electron chi connectivity index (χ0n) is 20.7. The van der Waals surface area contributed by atoms with Gasteiger partial charge < -0.3 is 9.30 Å². The van der Waals surface area contributed by atoms with E-state index in [-0.39, 0.29) is 6.10 Å². The van der Waals surface area contributed by atoms with Gasteiger partial charge in [-0.1, -0.05) is 44.2 Å². The van der Waals surface area contributed by atoms with Crippen LogP contribution in [0.3, 0.4) is 0 Å². The molecule has 0 aromatic carbocycles. The molecule has 2 aliphatic carbocycles. The van der Waals surface area contributed by atoms with Gasteiger partial charge in [0.25, 0.3) is 0 Å². The molecular formula is C28H34ClN5O. The predicted octanol–water partition coefficient (Wildman–Crippen LogP) is 7.11. The first-order valence-corrected chi connectivity index (χ1v) is 13.5. The van der Waals surface area contributed by atoms with E-state index in [0.717, 1.165) is 40.6 Å². The number of fused-ring (bicyclic) bond motifs is 1. The number of hydrogen-bond donors (Lipinski definition) is 0. The van der Waals surface area contributed by atoms with Gasteiger partial charge >= 0.3 is 0 Å². The van der Waals surface area contributed by atoms with Crippen LogP contribution in [0.1, 0.15) is 82.8 Å². The third kappa shape index (κ3) is 5.08. The van der Waals surface area contributed by atoms with Gasteiger partial charge in [0.1, 0.15) is 23.7 Å². The van der Waals surface area contributed by atoms with Gasteiger partial charge in [0.15, 0.2) is 0 Å². The molecule has 184 valence electrons. The van der Waals surface area contributed by atoms with Crippen molar-refractivity contribution in [3.05, 3.63) is 41.1 Å². The van der Waals surface area contributed by atoms with Crippen molar-refractivity contribution in [3.8, 4) is 17.3 Å². The second-order valence-corrected chi connectivity index (χ2v) is 10.8. The Bertz CT molecular complexity index is 1220. The Labute approximate surface area is 212 Å². The topological polar surface area (TPSA) is 76.6 Å². The molecule has 3 heterocycles. The summed E-state index contributed by atoms with van der Waals surface area (Å²) in [5.41, 5.74) is 3.64. The summed E-state index contributed by atoms with van der Waals surface area (Å²) < 4.78 is 8.78. The minimum absolute atomic E-state index is 0.0479. The lowest BCUT2D eigenvalue weighted by Gasteiger charge is -2.29. The number of imidazole rings is 1. The van der Waals surface area contributed by atoms with Gasteiger partial charge in [0, 0.05) is 37.2 Å². The quantitative estimate of drug-likeness (QED) is 0.352. The van der Waals surface area contributed by atoms with E-state index >= 15 is 0 Å². The molecule has 0 amide bonds. The maximum atomic E-state index is 9.74. The van der Waals surface area contributed by atoms with Crippen LogP contribution >= 0.6 is 11.6 Å². The molecule has 1 atom stereocenters. The van der Waals surface area contributed by atoms with Gasteiger partial charge in [0.2, 0.25) is 0 Å². The van der Waals surface area contributed by atoms with Crippen molar-refractivity contribution in [1.29, 1.82) is 5.26 Å². The highest BCUT2D eigenvalue weighted by atomic mass is 35.5. The number of ether oxygens (including phenoxy) is 1. The molecule has 0 spiro atoms. The maximum absolute atomic E-state index is 9.74. The summed E-state index contributed by atoms with van der Waals surface area (Å²) in [5.74, 6) is 2.85. The highest BCUT2D eigenvalue weighted by Gasteiger charge is 2.33. The van der Waals surface area contributed by atoms with E-state index in [9.17, 15) is 5.26 Å². The van der Waals surface area contributed by atoms with Crippen molar-refractivity contribution in [2.45, 2.75) is 77.9 Å². The lowest BCUT2D eigenvalue weighted by atomic mass is 9.83. The average molecular weight is 492 g/mol. The van der Waals surface area contributed by atoms with E-state index in [0.29, 0.717) is 29.2 Å². The van der Waals surface area contributed by atoms with Crippen molar-refractivity contribution >= 4 is 22.6 Å². The van der Waals surface area contributed by atoms with Gasteiger partial charge in [-0.25, -0.2) is 9.97 Å². The largest absolute Gasteiger partial charge is 0.370 e. The van der Waals surface area contributed by atoms with Crippen molar-refractivity contribution in [1.82, 2.24) is 19.5 Å². The molecule has 0 aliphatic heterocycles. The van der Waals surface area contributed by atoms with Crippen LogP contribution < -0.4 is 0 Å². The van der Waals surface area contributed by atoms with Crippen LogP contribution in [0.2, 0.25) is 5.02 Å². The van der Waals surface area contributed by atoms with Gasteiger partial charge in [0.05, 0.1) is 21.7 Å². The number of pyridine rings is 2. The summed E-state index contributed by atoms with van der Waals surface area (Å²) in [4.78, 5) is 14.2. The first-order chi connectivity index (χ1) is 17.1. The highest BCUT2D eigenvalue weighted by Crippen LogP contribution is 2.41. The van der Waals surface area contributed by atoms with Crippen LogP contribution in [-0.2, 0) is 11.3 Å². The standard InChI is InChI=1S/C28H34ClN5O/c1-3-35-27(20-6-4-5-7-20)28-33-24-13-23(14-30)32-25(21-12-22(29)16-31-15-21)26(24)34(28)17-19-10-8-18(2)9-11-19/h12-13,15-16,18-20,27H,3-11,17H2,1-2H3/t18?,19?,27-/m1/s1. The Morgan fingerprint density at radius 3 is 2.57 bits per heavy atom. The predicted molar refractivity (Wildman–Crippen MR) is 138 cm³/mol. The van der Waals surface area contributed by atoms with Crippen molar-refractivity contribution in [3.63, 3.8) is 0 Å². The first kappa shape index (κ1) is 24.2. The van der Waals surface area contributed by atoms with Crippen molar-refractivity contribution in [2.24, 2.45) is 17.8 Å². The maximum Gasteiger partial charge on any atom is 0.143 e. The Morgan fingerprint density at radius 2 is 1.89 bits per heavy atom. The number of aromatic nitrogens is 4. The molecule has 2 fully saturated rings. The molecule has 7 heteroatoms. The summed E-state index contributed by atoms with van der Waals surface area (Å²) >= 11 is 6.31. The normalized spacial score (nSPS) is 21.9. The lowest BCUT2D eigenvalue weighted by Crippen LogP contribution is -2.23. The summed E-state index contributed by atoms with van der Waals surface area (Å²) in [5, 5.41) is 10.3. The highest BCUT2D eigenvalue weighted by molar-refractivity contribution is 6.30. The molecule has 2 saturated carbocycles. The van der Waals surface area contributed by atoms with E-state index in [2.05, 4.69) is 29.5 Å². The Hall–Kier alpha value is -2.49. The van der Waals surface area contributed by atoms with Gasteiger partial charge in [-0.3, -0.25) is 4.98 Å². The van der Waals surface area contributed by atoms with Crippen LogP contribution in [0.15, 0.2) is 24.5 Å². The number of nitrogens with zero attached hydrogens (tertiary/aromatic N) is 5. The molecule has 0 radical (unpaired) electrons. The fourth-order valence-electron chi connectivity index (χ4n) is 6.01. The average Bonchev–Trinajstić information content (AvgIpc) is 3.52. The molecule has 0 N–H and O–H groups in total. The van der Waals surface area contributed by atoms with E-state index in [1.165, 1.54) is 51.4 Å². The summed E-state index contributed by atoms with van der Waals surface area (Å²) in [6.07, 6.45) is 13.2. The van der Waals surface area contributed by atoms with Crippen LogP contribution in [0, 0.1) is 29.1 Å². The molecule has 0 bridgehead atoms. The molecular weight excluding hydrogens is 458 g/mol. The van der Waals surface area contributed by atoms with Gasteiger partial charge in [-0.15, -0.1) is 0 Å². The SMILES string of the molecule is CCO[C@@H](c1nc2cc(C#N)nc(-c3cncc(Cl)c3)c2n1CC1CCC(C)CC1)C1CCCC1. The van der Waals surface area contributed by atoms with Crippen LogP contribution in [-0.4, -0.2) is 26.1 Å². The minimum atomic E-state index is -0.0479. The van der Waals surface area contributed by atoms with E-state index in [4.69, 9.17) is 26.3 Å². The summed E-state index contributed by atoms with van der Waals surface area (Å²) in [6, 6.07) is 5.91. The van der Waals surface area contributed by atoms with Crippen molar-refractivity contribution < 1.29 is 4.74 Å². The molecule has 5 rings (SSSR count). The van der Waals surface area contributed by atoms with Crippen molar-refractivity contribution in [2.75, 3.05) is 6.61 Å². The smallest absolute Gasteiger partial charge is 0.143 e. The van der Waals surface area contributed by atoms with E-state index < -0.39 is 0 Å². The number of nitriles is 1. The second kappa shape index (κ2) is 10.6. The number of rotatable bonds is 7. The summed E-state index contributed by atoms with van der Waals surface area (Å²) in [7, 11) is 0. The number of hydrogen-bond acceptors (Lipinski definition) is 5. The lowest BCUT2D eigenvalue weighted by molar-refractivity contribution is 0.0114. The zero-order chi connectivity index (χ0) is 24.4. The molecule has 2 aliphatic rings. The fourth-order valence-corrected chi connectivity index (χ4v) is 6.18. The minimum Gasteiger partial charge on any atom is -0.370 e. The molecule has 6 nitrogen and oxygen atoms in total. The van der Waals surface area contributed by atoms with Crippen LogP contribution in [0.5, 0.6) is 0 Å². The number of halogens is 1. The zero-order valence-corrected chi connectivity index (χ0v) is 21.5. The summed E-state index contributed by atoms with van der Waals surface area (Å²) in [6.45, 7) is 5.97. The third-order valence-electron chi connectivity index (χ3n) is 7.85. The van der Waals surface area contributed by atoms with E-state index in [1.807, 2.05) is 12.1 Å². The molecule has 0 unspecified atom stereocenters. The van der Waals surface area contributed by atoms with Crippen LogP contribution in [0.4, 0.5) is 0 Å². The Kier molecular flexibility index (Phi) is 7.36. The first-order valence-electron chi connectivity index (χ1n) is 13.1. The Balaban J connectivity index is 1.70. The fraction of sp³-hybridized carbons (Fsp3) is 0.571. The molecule has 3 aromatic heterocycles. The second-order valence-electron chi connectivity index (χ2n) is 10.4. The molecule has 0 saturated heterocycles. The molecule has 35 heavy (non-hydrogen) atoms. The Morgan fingerprint density at radius 1 is 1.11 bits per heavy atom. The van der Waals surface area contributed by atoms with Gasteiger partial charge in [-0.05, 0) is 56.4 Å². The van der Waals surface area contributed by atoms with E-state index in [1.54, 1.807) is 12.4 Å². The third-order valence-corrected chi connectivity index (χ3v) is 8.06. The van der Waals surface area contributed by atoms with Crippen LogP contribution in [0.25, 0.3) is 22.3 Å².